The molecule has 27 heavy (non-hydrogen) atoms. The summed E-state index contributed by atoms with van der Waals surface area (Å²) < 4.78 is 0. The van der Waals surface area contributed by atoms with E-state index in [4.69, 9.17) is 4.99 Å². The molecule has 1 saturated heterocycles. The summed E-state index contributed by atoms with van der Waals surface area (Å²) in [5, 5.41) is 6.21. The number of nitrogens with zero attached hydrogens (tertiary/aromatic N) is 3. The van der Waals surface area contributed by atoms with Crippen molar-refractivity contribution in [2.45, 2.75) is 25.7 Å². The molecule has 2 aliphatic rings. The number of amidine groups is 1. The Morgan fingerprint density at radius 1 is 0.963 bits per heavy atom. The summed E-state index contributed by atoms with van der Waals surface area (Å²) in [5.74, 6) is 1.00. The second-order valence-corrected chi connectivity index (χ2v) is 7.37. The molecular weight excluding hydrogens is 332 g/mol. The molecule has 4 nitrogen and oxygen atoms in total. The minimum absolute atomic E-state index is 0.774. The number of hydrogen-bond acceptors (Lipinski definition) is 3. The van der Waals surface area contributed by atoms with E-state index in [1.807, 2.05) is 12.4 Å². The number of aromatic nitrogens is 1. The molecule has 5 rings (SSSR count). The van der Waals surface area contributed by atoms with Crippen molar-refractivity contribution in [1.29, 1.82) is 0 Å². The Morgan fingerprint density at radius 3 is 2.67 bits per heavy atom. The van der Waals surface area contributed by atoms with Gasteiger partial charge in [-0.25, -0.2) is 0 Å². The Morgan fingerprint density at radius 2 is 1.81 bits per heavy atom. The summed E-state index contributed by atoms with van der Waals surface area (Å²) in [6, 6.07) is 15.2. The SMILES string of the molecule is c1cc2c3c(ccc(N4CCCCC4)c3c1)NC2=NCCc1ccncc1. The molecule has 0 amide bonds. The number of aliphatic imine (C=N–C) groups is 1. The fourth-order valence-corrected chi connectivity index (χ4v) is 4.27. The second-order valence-electron chi connectivity index (χ2n) is 7.37. The van der Waals surface area contributed by atoms with E-state index in [1.54, 1.807) is 0 Å². The maximum Gasteiger partial charge on any atom is 0.133 e. The number of hydrogen-bond donors (Lipinski definition) is 1. The van der Waals surface area contributed by atoms with Gasteiger partial charge in [0.05, 0.1) is 0 Å². The molecule has 0 spiro atoms. The average molecular weight is 356 g/mol. The van der Waals surface area contributed by atoms with Crippen molar-refractivity contribution in [2.24, 2.45) is 4.99 Å². The van der Waals surface area contributed by atoms with Crippen LogP contribution in [0.3, 0.4) is 0 Å². The van der Waals surface area contributed by atoms with E-state index in [-0.39, 0.29) is 0 Å². The third-order valence-corrected chi connectivity index (χ3v) is 5.64. The van der Waals surface area contributed by atoms with Crippen molar-refractivity contribution >= 4 is 28.0 Å². The van der Waals surface area contributed by atoms with Crippen molar-refractivity contribution in [3.05, 3.63) is 66.0 Å². The third kappa shape index (κ3) is 3.05. The predicted molar refractivity (Wildman–Crippen MR) is 113 cm³/mol. The smallest absolute Gasteiger partial charge is 0.133 e. The molecule has 0 aliphatic carbocycles. The first kappa shape index (κ1) is 16.3. The first-order valence-corrected chi connectivity index (χ1v) is 9.91. The topological polar surface area (TPSA) is 40.5 Å². The van der Waals surface area contributed by atoms with Gasteiger partial charge in [0.15, 0.2) is 0 Å². The molecule has 4 heteroatoms. The number of nitrogens with one attached hydrogen (secondary N) is 1. The van der Waals surface area contributed by atoms with E-state index < -0.39 is 0 Å². The molecule has 0 bridgehead atoms. The summed E-state index contributed by atoms with van der Waals surface area (Å²) in [5.41, 5.74) is 5.06. The van der Waals surface area contributed by atoms with Gasteiger partial charge in [0.1, 0.15) is 5.84 Å². The highest BCUT2D eigenvalue weighted by molar-refractivity contribution is 6.27. The zero-order chi connectivity index (χ0) is 18.1. The zero-order valence-corrected chi connectivity index (χ0v) is 15.5. The van der Waals surface area contributed by atoms with Crippen LogP contribution in [0.15, 0.2) is 59.9 Å². The molecule has 0 atom stereocenters. The van der Waals surface area contributed by atoms with Crippen LogP contribution >= 0.6 is 0 Å². The summed E-state index contributed by atoms with van der Waals surface area (Å²) in [7, 11) is 0. The van der Waals surface area contributed by atoms with Crippen LogP contribution in [-0.2, 0) is 6.42 Å². The number of pyridine rings is 1. The van der Waals surface area contributed by atoms with E-state index in [0.29, 0.717) is 0 Å². The quantitative estimate of drug-likeness (QED) is 0.740. The van der Waals surface area contributed by atoms with E-state index in [2.05, 4.69) is 57.7 Å². The van der Waals surface area contributed by atoms with Gasteiger partial charge < -0.3 is 10.2 Å². The van der Waals surface area contributed by atoms with Crippen LogP contribution in [0, 0.1) is 0 Å². The van der Waals surface area contributed by atoms with E-state index in [0.717, 1.165) is 18.8 Å². The van der Waals surface area contributed by atoms with Crippen LogP contribution in [0.4, 0.5) is 11.4 Å². The third-order valence-electron chi connectivity index (χ3n) is 5.64. The van der Waals surface area contributed by atoms with Gasteiger partial charge in [0.2, 0.25) is 0 Å². The summed E-state index contributed by atoms with van der Waals surface area (Å²) in [6.07, 6.45) is 8.56. The van der Waals surface area contributed by atoms with Crippen molar-refractivity contribution in [1.82, 2.24) is 4.98 Å². The van der Waals surface area contributed by atoms with Crippen LogP contribution in [0.2, 0.25) is 0 Å². The Bertz CT molecular complexity index is 988. The predicted octanol–water partition coefficient (Wildman–Crippen LogP) is 4.64. The molecule has 1 N–H and O–H groups in total. The van der Waals surface area contributed by atoms with Gasteiger partial charge in [-0.3, -0.25) is 9.98 Å². The van der Waals surface area contributed by atoms with Crippen molar-refractivity contribution < 1.29 is 0 Å². The van der Waals surface area contributed by atoms with E-state index in [1.165, 1.54) is 65.6 Å². The number of benzene rings is 2. The molecule has 1 aromatic heterocycles. The minimum atomic E-state index is 0.774. The normalized spacial score (nSPS) is 17.5. The lowest BCUT2D eigenvalue weighted by Gasteiger charge is -2.30. The maximum atomic E-state index is 4.87. The molecule has 3 aromatic rings. The fourth-order valence-electron chi connectivity index (χ4n) is 4.27. The molecular formula is C23H24N4. The van der Waals surface area contributed by atoms with Gasteiger partial charge in [0, 0.05) is 59.7 Å². The Hall–Kier alpha value is -2.88. The standard InChI is InChI=1S/C23H24N4/c1-2-15-27(16-3-1)21-8-7-20-22-18(21)5-4-6-19(22)23(26-20)25-14-11-17-9-12-24-13-10-17/h4-10,12-13H,1-3,11,14-16H2,(H,25,26). The van der Waals surface area contributed by atoms with Gasteiger partial charge >= 0.3 is 0 Å². The van der Waals surface area contributed by atoms with Crippen LogP contribution in [0.25, 0.3) is 10.8 Å². The summed E-state index contributed by atoms with van der Waals surface area (Å²) in [4.78, 5) is 11.5. The van der Waals surface area contributed by atoms with Gasteiger partial charge in [-0.05, 0) is 55.5 Å². The lowest BCUT2D eigenvalue weighted by molar-refractivity contribution is 0.579. The number of anilines is 2. The van der Waals surface area contributed by atoms with Crippen molar-refractivity contribution in [2.75, 3.05) is 29.9 Å². The summed E-state index contributed by atoms with van der Waals surface area (Å²) in [6.45, 7) is 3.10. The molecule has 0 saturated carbocycles. The van der Waals surface area contributed by atoms with Crippen molar-refractivity contribution in [3.63, 3.8) is 0 Å². The molecule has 1 fully saturated rings. The van der Waals surface area contributed by atoms with Crippen LogP contribution in [0.5, 0.6) is 0 Å². The molecule has 3 heterocycles. The maximum absolute atomic E-state index is 4.87. The van der Waals surface area contributed by atoms with E-state index >= 15 is 0 Å². The Kier molecular flexibility index (Phi) is 4.24. The van der Waals surface area contributed by atoms with Gasteiger partial charge in [-0.15, -0.1) is 0 Å². The van der Waals surface area contributed by atoms with Gasteiger partial charge in [0.25, 0.3) is 0 Å². The lowest BCUT2D eigenvalue weighted by Crippen LogP contribution is -2.29. The second kappa shape index (κ2) is 7.03. The monoisotopic (exact) mass is 356 g/mol. The highest BCUT2D eigenvalue weighted by Crippen LogP contribution is 2.39. The molecule has 136 valence electrons. The highest BCUT2D eigenvalue weighted by atomic mass is 15.1. The number of piperidine rings is 1. The lowest BCUT2D eigenvalue weighted by atomic mass is 10.0. The van der Waals surface area contributed by atoms with Crippen LogP contribution < -0.4 is 10.2 Å². The van der Waals surface area contributed by atoms with Crippen molar-refractivity contribution in [3.8, 4) is 0 Å². The highest BCUT2D eigenvalue weighted by Gasteiger charge is 2.23. The zero-order valence-electron chi connectivity index (χ0n) is 15.5. The minimum Gasteiger partial charge on any atom is -0.371 e. The van der Waals surface area contributed by atoms with E-state index in [9.17, 15) is 0 Å². The first-order valence-electron chi connectivity index (χ1n) is 9.91. The first-order chi connectivity index (χ1) is 13.4. The van der Waals surface area contributed by atoms with Crippen LogP contribution in [0.1, 0.15) is 30.4 Å². The van der Waals surface area contributed by atoms with Gasteiger partial charge in [-0.1, -0.05) is 18.2 Å². The molecule has 0 radical (unpaired) electrons. The molecule has 2 aliphatic heterocycles. The van der Waals surface area contributed by atoms with Crippen LogP contribution in [-0.4, -0.2) is 30.5 Å². The Labute approximate surface area is 160 Å². The Balaban J connectivity index is 1.46. The summed E-state index contributed by atoms with van der Waals surface area (Å²) >= 11 is 0. The van der Waals surface area contributed by atoms with Gasteiger partial charge in [-0.2, -0.15) is 0 Å². The average Bonchev–Trinajstić information content (AvgIpc) is 3.09. The number of rotatable bonds is 4. The molecule has 0 unspecified atom stereocenters. The largest absolute Gasteiger partial charge is 0.371 e. The molecule has 2 aromatic carbocycles. The fraction of sp³-hybridized carbons (Fsp3) is 0.304.